The zero-order chi connectivity index (χ0) is 21.3. The Kier molecular flexibility index (Phi) is 5.83. The van der Waals surface area contributed by atoms with Crippen LogP contribution in [0.15, 0.2) is 40.6 Å². The lowest BCUT2D eigenvalue weighted by atomic mass is 10.0. The van der Waals surface area contributed by atoms with Crippen molar-refractivity contribution in [3.63, 3.8) is 0 Å². The van der Waals surface area contributed by atoms with E-state index < -0.39 is 10.0 Å². The number of aromatic amines is 1. The smallest absolute Gasteiger partial charge is 0.218 e. The van der Waals surface area contributed by atoms with Crippen molar-refractivity contribution >= 4 is 43.9 Å². The van der Waals surface area contributed by atoms with Gasteiger partial charge in [-0.1, -0.05) is 37.6 Å². The van der Waals surface area contributed by atoms with Gasteiger partial charge in [0.25, 0.3) is 0 Å². The third-order valence-corrected chi connectivity index (χ3v) is 6.18. The Labute approximate surface area is 173 Å². The average molecular weight is 437 g/mol. The third kappa shape index (κ3) is 4.36. The second-order valence-electron chi connectivity index (χ2n) is 6.86. The van der Waals surface area contributed by atoms with Crippen LogP contribution >= 0.6 is 11.6 Å². The second kappa shape index (κ2) is 8.02. The minimum absolute atomic E-state index is 0.0395. The van der Waals surface area contributed by atoms with Crippen LogP contribution in [0.1, 0.15) is 30.9 Å². The molecule has 29 heavy (non-hydrogen) atoms. The fourth-order valence-electron chi connectivity index (χ4n) is 2.89. The van der Waals surface area contributed by atoms with Crippen LogP contribution in [0.4, 0.5) is 11.4 Å². The molecule has 0 saturated carbocycles. The Morgan fingerprint density at radius 2 is 1.83 bits per heavy atom. The van der Waals surface area contributed by atoms with Crippen molar-refractivity contribution in [1.29, 1.82) is 0 Å². The Morgan fingerprint density at radius 3 is 2.41 bits per heavy atom. The predicted molar refractivity (Wildman–Crippen MR) is 113 cm³/mol. The van der Waals surface area contributed by atoms with Gasteiger partial charge in [0.1, 0.15) is 5.75 Å². The van der Waals surface area contributed by atoms with E-state index in [1.165, 1.54) is 7.05 Å². The van der Waals surface area contributed by atoms with E-state index in [0.29, 0.717) is 27.7 Å². The number of nitrogens with one attached hydrogen (secondary N) is 2. The molecule has 0 saturated heterocycles. The van der Waals surface area contributed by atoms with Crippen molar-refractivity contribution in [2.75, 3.05) is 7.05 Å². The molecule has 0 fully saturated rings. The minimum atomic E-state index is -3.36. The van der Waals surface area contributed by atoms with E-state index in [9.17, 15) is 18.6 Å². The van der Waals surface area contributed by atoms with E-state index in [0.717, 1.165) is 0 Å². The molecule has 0 unspecified atom stereocenters. The summed E-state index contributed by atoms with van der Waals surface area (Å²) >= 11 is 6.33. The Morgan fingerprint density at radius 1 is 1.17 bits per heavy atom. The number of sulfonamides is 1. The van der Waals surface area contributed by atoms with Crippen LogP contribution in [-0.4, -0.2) is 30.7 Å². The molecule has 2 aromatic carbocycles. The number of rotatable bonds is 6. The van der Waals surface area contributed by atoms with E-state index in [1.807, 2.05) is 13.8 Å². The number of azo groups is 1. The molecule has 0 bridgehead atoms. The number of halogens is 1. The first-order valence-corrected chi connectivity index (χ1v) is 10.8. The van der Waals surface area contributed by atoms with Gasteiger partial charge in [0, 0.05) is 5.56 Å². The summed E-state index contributed by atoms with van der Waals surface area (Å²) < 4.78 is 25.5. The normalized spacial score (nSPS) is 12.4. The van der Waals surface area contributed by atoms with E-state index in [2.05, 4.69) is 19.9 Å². The average Bonchev–Trinajstić information content (AvgIpc) is 2.99. The van der Waals surface area contributed by atoms with Crippen LogP contribution in [0.25, 0.3) is 10.9 Å². The Balaban J connectivity index is 1.95. The summed E-state index contributed by atoms with van der Waals surface area (Å²) in [6, 6.07) is 8.22. The van der Waals surface area contributed by atoms with Crippen LogP contribution in [0.5, 0.6) is 11.6 Å². The molecule has 0 aliphatic carbocycles. The molecule has 1 aromatic heterocycles. The molecule has 0 amide bonds. The summed E-state index contributed by atoms with van der Waals surface area (Å²) in [5.41, 5.74) is 2.36. The van der Waals surface area contributed by atoms with Gasteiger partial charge in [-0.25, -0.2) is 13.1 Å². The van der Waals surface area contributed by atoms with E-state index >= 15 is 0 Å². The lowest BCUT2D eigenvalue weighted by molar-refractivity contribution is 0.459. The highest BCUT2D eigenvalue weighted by atomic mass is 35.5. The van der Waals surface area contributed by atoms with Crippen molar-refractivity contribution in [2.45, 2.75) is 25.5 Å². The van der Waals surface area contributed by atoms with E-state index in [-0.39, 0.29) is 34.0 Å². The second-order valence-corrected chi connectivity index (χ2v) is 9.16. The van der Waals surface area contributed by atoms with Crippen LogP contribution in [0.2, 0.25) is 5.02 Å². The van der Waals surface area contributed by atoms with Crippen molar-refractivity contribution < 1.29 is 18.6 Å². The number of aromatic hydroxyl groups is 2. The van der Waals surface area contributed by atoms with Crippen LogP contribution in [-0.2, 0) is 15.8 Å². The summed E-state index contributed by atoms with van der Waals surface area (Å²) in [7, 11) is -2.00. The van der Waals surface area contributed by atoms with Gasteiger partial charge in [0.05, 0.1) is 27.4 Å². The van der Waals surface area contributed by atoms with Crippen LogP contribution in [0.3, 0.4) is 0 Å². The molecule has 1 heterocycles. The molecule has 0 aliphatic rings. The van der Waals surface area contributed by atoms with Crippen LogP contribution in [0, 0.1) is 0 Å². The molecule has 3 rings (SSSR count). The van der Waals surface area contributed by atoms with Crippen molar-refractivity contribution in [2.24, 2.45) is 10.2 Å². The first kappa shape index (κ1) is 21.1. The summed E-state index contributed by atoms with van der Waals surface area (Å²) in [4.78, 5) is 2.80. The molecule has 3 aromatic rings. The summed E-state index contributed by atoms with van der Waals surface area (Å²) in [6.45, 7) is 3.85. The molecule has 0 spiro atoms. The number of fused-ring (bicyclic) bond motifs is 1. The molecule has 10 heteroatoms. The van der Waals surface area contributed by atoms with Crippen molar-refractivity contribution in [1.82, 2.24) is 9.71 Å². The number of phenolic OH excluding ortho intramolecular Hbond substituents is 1. The third-order valence-electron chi connectivity index (χ3n) is 4.48. The van der Waals surface area contributed by atoms with Crippen molar-refractivity contribution in [3.05, 3.63) is 46.5 Å². The molecular formula is C19H21ClN4O4S. The Hall–Kier alpha value is -2.62. The van der Waals surface area contributed by atoms with Gasteiger partial charge in [-0.3, -0.25) is 0 Å². The summed E-state index contributed by atoms with van der Waals surface area (Å²) in [5.74, 6) is -0.378. The highest BCUT2D eigenvalue weighted by Crippen LogP contribution is 2.46. The van der Waals surface area contributed by atoms with E-state index in [4.69, 9.17) is 11.6 Å². The highest BCUT2D eigenvalue weighted by Gasteiger charge is 2.20. The maximum Gasteiger partial charge on any atom is 0.218 e. The van der Waals surface area contributed by atoms with Gasteiger partial charge in [0.15, 0.2) is 5.69 Å². The first-order chi connectivity index (χ1) is 13.6. The van der Waals surface area contributed by atoms with Gasteiger partial charge in [-0.2, -0.15) is 5.11 Å². The maximum atomic E-state index is 11.6. The minimum Gasteiger partial charge on any atom is -0.506 e. The SMILES string of the molecule is CNS(=O)(=O)Cc1ccc(N=Nc2c(O)[nH]c3cc(C(C)C)c(O)c(Cl)c23)cc1. The summed E-state index contributed by atoms with van der Waals surface area (Å²) in [5, 5.41) is 29.2. The summed E-state index contributed by atoms with van der Waals surface area (Å²) in [6.07, 6.45) is 0. The molecule has 8 nitrogen and oxygen atoms in total. The van der Waals surface area contributed by atoms with Gasteiger partial charge in [0.2, 0.25) is 15.9 Å². The largest absolute Gasteiger partial charge is 0.506 e. The molecule has 0 aliphatic heterocycles. The number of nitrogens with zero attached hydrogens (tertiary/aromatic N) is 2. The Bertz CT molecular complexity index is 1190. The van der Waals surface area contributed by atoms with Gasteiger partial charge < -0.3 is 15.2 Å². The number of hydrogen-bond donors (Lipinski definition) is 4. The lowest BCUT2D eigenvalue weighted by Gasteiger charge is -2.10. The van der Waals surface area contributed by atoms with Crippen LogP contribution < -0.4 is 4.72 Å². The topological polar surface area (TPSA) is 127 Å². The molecule has 154 valence electrons. The number of benzene rings is 2. The molecule has 4 N–H and O–H groups in total. The highest BCUT2D eigenvalue weighted by molar-refractivity contribution is 7.88. The van der Waals surface area contributed by atoms with Crippen molar-refractivity contribution in [3.8, 4) is 11.6 Å². The number of H-pyrrole nitrogens is 1. The lowest BCUT2D eigenvalue weighted by Crippen LogP contribution is -2.20. The zero-order valence-corrected chi connectivity index (χ0v) is 17.6. The quantitative estimate of drug-likeness (QED) is 0.413. The molecule has 0 atom stereocenters. The first-order valence-electron chi connectivity index (χ1n) is 8.81. The number of hydrogen-bond acceptors (Lipinski definition) is 6. The van der Waals surface area contributed by atoms with Gasteiger partial charge in [-0.15, -0.1) is 5.11 Å². The van der Waals surface area contributed by atoms with Gasteiger partial charge >= 0.3 is 0 Å². The fraction of sp³-hybridized carbons (Fsp3) is 0.263. The number of phenols is 1. The molecular weight excluding hydrogens is 416 g/mol. The predicted octanol–water partition coefficient (Wildman–Crippen LogP) is 4.82. The van der Waals surface area contributed by atoms with E-state index in [1.54, 1.807) is 30.3 Å². The molecule has 0 radical (unpaired) electrons. The fourth-order valence-corrected chi connectivity index (χ4v) is 3.97. The number of aromatic nitrogens is 1. The standard InChI is InChI=1S/C19H21ClN4O4S/c1-10(2)13-8-14-15(16(20)18(13)25)17(19(26)22-14)24-23-12-6-4-11(5-7-12)9-29(27,28)21-3/h4-8,10,21-22,25-26H,9H2,1-3H3. The zero-order valence-electron chi connectivity index (χ0n) is 16.1. The van der Waals surface area contributed by atoms with Gasteiger partial charge in [-0.05, 0) is 36.7 Å². The monoisotopic (exact) mass is 436 g/mol. The maximum absolute atomic E-state index is 11.6.